The number of anilines is 1. The van der Waals surface area contributed by atoms with E-state index in [1.54, 1.807) is 11.8 Å². The van der Waals surface area contributed by atoms with Gasteiger partial charge in [0, 0.05) is 9.37 Å². The van der Waals surface area contributed by atoms with E-state index in [-0.39, 0.29) is 6.01 Å². The Morgan fingerprint density at radius 2 is 2.25 bits per heavy atom. The van der Waals surface area contributed by atoms with Gasteiger partial charge in [-0.3, -0.25) is 5.43 Å². The third kappa shape index (κ3) is 2.75. The van der Waals surface area contributed by atoms with Crippen LogP contribution in [0, 0.1) is 0 Å². The Balaban J connectivity index is 1.99. The molecule has 1 aromatic heterocycles. The number of halogens is 1. The van der Waals surface area contributed by atoms with E-state index in [1.165, 1.54) is 0 Å². The molecule has 0 bridgehead atoms. The van der Waals surface area contributed by atoms with E-state index in [9.17, 15) is 0 Å². The van der Waals surface area contributed by atoms with Crippen LogP contribution in [0.2, 0.25) is 0 Å². The third-order valence-electron chi connectivity index (χ3n) is 1.78. The number of benzene rings is 1. The van der Waals surface area contributed by atoms with E-state index >= 15 is 0 Å². The van der Waals surface area contributed by atoms with Gasteiger partial charge in [-0.05, 0) is 28.1 Å². The first-order valence-electron chi connectivity index (χ1n) is 4.46. The number of hydrazine groups is 1. The maximum absolute atomic E-state index is 5.13. The normalized spacial score (nSPS) is 10.4. The smallest absolute Gasteiger partial charge is 0.314 e. The summed E-state index contributed by atoms with van der Waals surface area (Å²) in [5.74, 6) is 6.37. The molecule has 0 saturated heterocycles. The van der Waals surface area contributed by atoms with Crippen molar-refractivity contribution in [3.63, 3.8) is 0 Å². The highest BCUT2D eigenvalue weighted by molar-refractivity contribution is 9.10. The zero-order chi connectivity index (χ0) is 11.4. The topological polar surface area (TPSA) is 77.0 Å². The average molecular weight is 301 g/mol. The number of hydrogen-bond donors (Lipinski definition) is 2. The number of nitrogens with one attached hydrogen (secondary N) is 1. The lowest BCUT2D eigenvalue weighted by Gasteiger charge is -2.00. The maximum Gasteiger partial charge on any atom is 0.335 e. The Morgan fingerprint density at radius 1 is 1.44 bits per heavy atom. The molecular formula is C9H9BrN4OS. The van der Waals surface area contributed by atoms with Gasteiger partial charge in [-0.25, -0.2) is 5.84 Å². The number of nitrogen functional groups attached to an aromatic ring is 1. The minimum atomic E-state index is 0.225. The summed E-state index contributed by atoms with van der Waals surface area (Å²) in [6.07, 6.45) is 0. The van der Waals surface area contributed by atoms with Crippen molar-refractivity contribution in [1.29, 1.82) is 0 Å². The molecule has 0 fully saturated rings. The number of thioether (sulfide) groups is 1. The molecule has 2 aromatic rings. The molecule has 0 radical (unpaired) electrons. The van der Waals surface area contributed by atoms with Gasteiger partial charge in [0.1, 0.15) is 0 Å². The zero-order valence-electron chi connectivity index (χ0n) is 8.18. The molecule has 0 aliphatic carbocycles. The Bertz CT molecular complexity index is 476. The molecule has 7 heteroatoms. The molecule has 0 spiro atoms. The first kappa shape index (κ1) is 11.4. The predicted octanol–water partition coefficient (Wildman–Crippen LogP) is 2.41. The van der Waals surface area contributed by atoms with Gasteiger partial charge in [0.05, 0.1) is 5.75 Å². The van der Waals surface area contributed by atoms with Crippen LogP contribution >= 0.6 is 27.7 Å². The van der Waals surface area contributed by atoms with Crippen LogP contribution in [-0.4, -0.2) is 10.1 Å². The van der Waals surface area contributed by atoms with E-state index in [0.29, 0.717) is 11.6 Å². The number of nitrogens with zero attached hydrogens (tertiary/aromatic N) is 2. The van der Waals surface area contributed by atoms with Crippen molar-refractivity contribution in [2.24, 2.45) is 5.84 Å². The summed E-state index contributed by atoms with van der Waals surface area (Å²) in [6.45, 7) is 0. The van der Waals surface area contributed by atoms with E-state index in [1.807, 2.05) is 24.3 Å². The summed E-state index contributed by atoms with van der Waals surface area (Å²) in [5.41, 5.74) is 2.30. The molecule has 1 heterocycles. The fourth-order valence-electron chi connectivity index (χ4n) is 1.08. The lowest BCUT2D eigenvalue weighted by molar-refractivity contribution is 0.425. The van der Waals surface area contributed by atoms with Crippen molar-refractivity contribution < 1.29 is 4.52 Å². The van der Waals surface area contributed by atoms with Gasteiger partial charge in [-0.1, -0.05) is 17.3 Å². The lowest BCUT2D eigenvalue weighted by atomic mass is 10.4. The van der Waals surface area contributed by atoms with Crippen molar-refractivity contribution in [2.75, 3.05) is 5.43 Å². The van der Waals surface area contributed by atoms with Crippen LogP contribution in [0.25, 0.3) is 0 Å². The van der Waals surface area contributed by atoms with Crippen LogP contribution in [0.15, 0.2) is 38.2 Å². The first-order chi connectivity index (χ1) is 7.79. The van der Waals surface area contributed by atoms with Crippen molar-refractivity contribution in [2.45, 2.75) is 10.6 Å². The van der Waals surface area contributed by atoms with Gasteiger partial charge in [0.25, 0.3) is 0 Å². The summed E-state index contributed by atoms with van der Waals surface area (Å²) in [6, 6.07) is 8.19. The Kier molecular flexibility index (Phi) is 3.81. The summed E-state index contributed by atoms with van der Waals surface area (Å²) in [7, 11) is 0. The largest absolute Gasteiger partial charge is 0.335 e. The van der Waals surface area contributed by atoms with Crippen LogP contribution in [-0.2, 0) is 5.75 Å². The van der Waals surface area contributed by atoms with Crippen LogP contribution < -0.4 is 11.3 Å². The van der Waals surface area contributed by atoms with Gasteiger partial charge in [0.2, 0.25) is 0 Å². The van der Waals surface area contributed by atoms with Gasteiger partial charge in [0.15, 0.2) is 5.82 Å². The summed E-state index contributed by atoms with van der Waals surface area (Å²) < 4.78 is 5.87. The molecule has 0 amide bonds. The zero-order valence-corrected chi connectivity index (χ0v) is 10.6. The molecule has 84 valence electrons. The molecule has 0 unspecified atom stereocenters. The fourth-order valence-corrected chi connectivity index (χ4v) is 2.49. The van der Waals surface area contributed by atoms with E-state index in [2.05, 4.69) is 31.5 Å². The third-order valence-corrected chi connectivity index (χ3v) is 3.81. The second kappa shape index (κ2) is 5.33. The monoisotopic (exact) mass is 300 g/mol. The standard InChI is InChI=1S/C9H9BrN4OS/c10-6-3-1-2-4-7(6)16-5-8-12-9(13-11)15-14-8/h1-4H,5,11H2,(H,12,13,14). The number of rotatable bonds is 4. The number of hydrogen-bond acceptors (Lipinski definition) is 6. The summed E-state index contributed by atoms with van der Waals surface area (Å²) in [5, 5.41) is 3.77. The minimum absolute atomic E-state index is 0.225. The molecule has 0 saturated carbocycles. The fraction of sp³-hybridized carbons (Fsp3) is 0.111. The van der Waals surface area contributed by atoms with E-state index in [0.717, 1.165) is 9.37 Å². The van der Waals surface area contributed by atoms with Gasteiger partial charge < -0.3 is 4.52 Å². The molecule has 1 aromatic carbocycles. The Hall–Kier alpha value is -1.05. The molecule has 0 atom stereocenters. The Labute approximate surface area is 105 Å². The van der Waals surface area contributed by atoms with Gasteiger partial charge in [-0.2, -0.15) is 4.98 Å². The van der Waals surface area contributed by atoms with E-state index in [4.69, 9.17) is 10.4 Å². The van der Waals surface area contributed by atoms with Crippen LogP contribution in [0.4, 0.5) is 6.01 Å². The van der Waals surface area contributed by atoms with Crippen molar-refractivity contribution in [1.82, 2.24) is 10.1 Å². The molecule has 5 nitrogen and oxygen atoms in total. The van der Waals surface area contributed by atoms with Gasteiger partial charge >= 0.3 is 6.01 Å². The number of aromatic nitrogens is 2. The lowest BCUT2D eigenvalue weighted by Crippen LogP contribution is -2.06. The molecule has 16 heavy (non-hydrogen) atoms. The first-order valence-corrected chi connectivity index (χ1v) is 6.24. The number of nitrogens with two attached hydrogens (primary N) is 1. The maximum atomic E-state index is 5.13. The second-order valence-electron chi connectivity index (χ2n) is 2.88. The summed E-state index contributed by atoms with van der Waals surface area (Å²) in [4.78, 5) is 5.16. The van der Waals surface area contributed by atoms with Crippen molar-refractivity contribution in [3.8, 4) is 0 Å². The predicted molar refractivity (Wildman–Crippen MR) is 65.8 cm³/mol. The average Bonchev–Trinajstić information content (AvgIpc) is 2.76. The molecule has 0 aliphatic rings. The molecule has 3 N–H and O–H groups in total. The molecule has 0 aliphatic heterocycles. The summed E-state index contributed by atoms with van der Waals surface area (Å²) >= 11 is 5.09. The highest BCUT2D eigenvalue weighted by Gasteiger charge is 2.06. The van der Waals surface area contributed by atoms with Crippen molar-refractivity contribution in [3.05, 3.63) is 34.6 Å². The second-order valence-corrected chi connectivity index (χ2v) is 4.75. The molecule has 2 rings (SSSR count). The quantitative estimate of drug-likeness (QED) is 0.513. The minimum Gasteiger partial charge on any atom is -0.314 e. The van der Waals surface area contributed by atoms with Crippen molar-refractivity contribution >= 4 is 33.7 Å². The SMILES string of the molecule is NNc1nc(CSc2ccccc2Br)no1. The molecular weight excluding hydrogens is 292 g/mol. The van der Waals surface area contributed by atoms with Crippen LogP contribution in [0.3, 0.4) is 0 Å². The van der Waals surface area contributed by atoms with Gasteiger partial charge in [-0.15, -0.1) is 11.8 Å². The van der Waals surface area contributed by atoms with Crippen LogP contribution in [0.1, 0.15) is 5.82 Å². The van der Waals surface area contributed by atoms with Crippen LogP contribution in [0.5, 0.6) is 0 Å². The highest BCUT2D eigenvalue weighted by atomic mass is 79.9. The highest BCUT2D eigenvalue weighted by Crippen LogP contribution is 2.29. The van der Waals surface area contributed by atoms with E-state index < -0.39 is 0 Å². The Morgan fingerprint density at radius 3 is 2.94 bits per heavy atom.